The van der Waals surface area contributed by atoms with Crippen molar-refractivity contribution in [3.05, 3.63) is 110 Å². The van der Waals surface area contributed by atoms with Crippen molar-refractivity contribution in [3.63, 3.8) is 0 Å². The molecule has 0 saturated carbocycles. The predicted octanol–water partition coefficient (Wildman–Crippen LogP) is 7.02. The third-order valence-corrected chi connectivity index (χ3v) is 6.26. The van der Waals surface area contributed by atoms with Gasteiger partial charge in [0.1, 0.15) is 0 Å². The maximum Gasteiger partial charge on any atom is 0.280 e. The quantitative estimate of drug-likeness (QED) is 0.198. The lowest BCUT2D eigenvalue weighted by Gasteiger charge is -2.01. The average molecular weight is 534 g/mol. The molecule has 1 heterocycles. The van der Waals surface area contributed by atoms with E-state index in [1.165, 1.54) is 11.1 Å². The molecule has 182 valence electrons. The molecule has 35 heavy (non-hydrogen) atoms. The minimum absolute atomic E-state index is 0.0755. The zero-order valence-electron chi connectivity index (χ0n) is 20.6. The molecule has 0 radical (unpaired) electrons. The summed E-state index contributed by atoms with van der Waals surface area (Å²) in [7, 11) is 0. The fourth-order valence-electron chi connectivity index (χ4n) is 3.77. The fourth-order valence-corrected chi connectivity index (χ4v) is 4.03. The van der Waals surface area contributed by atoms with Crippen LogP contribution < -0.4 is 11.3 Å². The summed E-state index contributed by atoms with van der Waals surface area (Å²) in [4.78, 5) is 17.6. The monoisotopic (exact) mass is 532 g/mol. The van der Waals surface area contributed by atoms with E-state index in [9.17, 15) is 4.79 Å². The van der Waals surface area contributed by atoms with Crippen LogP contribution in [-0.2, 0) is 19.3 Å². The Hall–Kier alpha value is -3.38. The van der Waals surface area contributed by atoms with Gasteiger partial charge >= 0.3 is 0 Å². The van der Waals surface area contributed by atoms with Crippen LogP contribution in [0.3, 0.4) is 0 Å². The number of nitrogens with zero attached hydrogens (tertiary/aromatic N) is 2. The van der Waals surface area contributed by atoms with E-state index >= 15 is 0 Å². The van der Waals surface area contributed by atoms with E-state index in [0.717, 1.165) is 52.9 Å². The van der Waals surface area contributed by atoms with Crippen molar-refractivity contribution in [2.45, 2.75) is 46.5 Å². The Balaban J connectivity index is 0.000000320. The normalized spacial score (nSPS) is 10.9. The molecule has 0 fully saturated rings. The number of aromatic nitrogens is 2. The molecule has 0 amide bonds. The predicted molar refractivity (Wildman–Crippen MR) is 151 cm³/mol. The van der Waals surface area contributed by atoms with Gasteiger partial charge in [0.2, 0.25) is 0 Å². The number of halogens is 1. The molecule has 5 nitrogen and oxygen atoms in total. The zero-order valence-corrected chi connectivity index (χ0v) is 22.2. The van der Waals surface area contributed by atoms with Gasteiger partial charge in [-0.25, -0.2) is 4.68 Å². The van der Waals surface area contributed by atoms with Crippen molar-refractivity contribution in [1.82, 2.24) is 9.78 Å². The lowest BCUT2D eigenvalue weighted by atomic mass is 10.1. The number of H-pyrrole nitrogens is 1. The van der Waals surface area contributed by atoms with Gasteiger partial charge in [-0.1, -0.05) is 79.5 Å². The van der Waals surface area contributed by atoms with Gasteiger partial charge in [0.15, 0.2) is 0 Å². The topological polar surface area (TPSA) is 76.2 Å². The van der Waals surface area contributed by atoms with Crippen molar-refractivity contribution in [1.29, 1.82) is 0 Å². The molecule has 1 aromatic heterocycles. The van der Waals surface area contributed by atoms with E-state index in [-0.39, 0.29) is 5.56 Å². The molecule has 0 unspecified atom stereocenters. The standard InChI is InChI=1S/C21H22BrN3O.C8H11N/c1-3-7-20-18(14-23-19-9-6-5-8-15(19)4-2)21(26)25(24-20)17-12-10-16(22)11-13-17;1-2-7-5-3-4-6-8(7)9/h5-6,8-14,24H,3-4,7H2,1-2H3;3-6H,2,9H2,1H3. The van der Waals surface area contributed by atoms with E-state index in [4.69, 9.17) is 5.73 Å². The Kier molecular flexibility index (Phi) is 9.67. The first-order chi connectivity index (χ1) is 17.0. The number of nitrogens with two attached hydrogens (primary N) is 1. The Morgan fingerprint density at radius 3 is 2.14 bits per heavy atom. The second-order valence-electron chi connectivity index (χ2n) is 8.16. The molecule has 0 bridgehead atoms. The van der Waals surface area contributed by atoms with Crippen molar-refractivity contribution in [2.75, 3.05) is 5.73 Å². The number of aliphatic imine (C=N–C) groups is 1. The van der Waals surface area contributed by atoms with Crippen LogP contribution in [0.2, 0.25) is 0 Å². The highest BCUT2D eigenvalue weighted by Gasteiger charge is 2.13. The van der Waals surface area contributed by atoms with Crippen molar-refractivity contribution in [2.24, 2.45) is 4.99 Å². The van der Waals surface area contributed by atoms with Gasteiger partial charge in [0, 0.05) is 22.1 Å². The second kappa shape index (κ2) is 12.9. The first-order valence-corrected chi connectivity index (χ1v) is 12.8. The highest BCUT2D eigenvalue weighted by atomic mass is 79.9. The molecule has 3 N–H and O–H groups in total. The lowest BCUT2D eigenvalue weighted by Crippen LogP contribution is -2.17. The minimum atomic E-state index is -0.0755. The third kappa shape index (κ3) is 6.83. The number of hydrogen-bond acceptors (Lipinski definition) is 3. The molecule has 4 aromatic rings. The molecule has 0 aliphatic rings. The SMILES string of the molecule is CCCc1[nH]n(-c2ccc(Br)cc2)c(=O)c1C=Nc1ccccc1CC.CCc1ccccc1N. The summed E-state index contributed by atoms with van der Waals surface area (Å²) in [5, 5.41) is 3.25. The van der Waals surface area contributed by atoms with Gasteiger partial charge in [-0.3, -0.25) is 14.9 Å². The van der Waals surface area contributed by atoms with E-state index < -0.39 is 0 Å². The number of nitrogens with one attached hydrogen (secondary N) is 1. The largest absolute Gasteiger partial charge is 0.399 e. The van der Waals surface area contributed by atoms with Crippen LogP contribution in [0.4, 0.5) is 11.4 Å². The summed E-state index contributed by atoms with van der Waals surface area (Å²) < 4.78 is 2.57. The number of anilines is 1. The summed E-state index contributed by atoms with van der Waals surface area (Å²) in [5.74, 6) is 0. The highest BCUT2D eigenvalue weighted by molar-refractivity contribution is 9.10. The van der Waals surface area contributed by atoms with Gasteiger partial charge in [-0.05, 0) is 66.8 Å². The maximum absolute atomic E-state index is 13.0. The van der Waals surface area contributed by atoms with Crippen LogP contribution >= 0.6 is 15.9 Å². The molecule has 0 aliphatic carbocycles. The fraction of sp³-hybridized carbons (Fsp3) is 0.241. The van der Waals surface area contributed by atoms with Crippen molar-refractivity contribution in [3.8, 4) is 5.69 Å². The van der Waals surface area contributed by atoms with E-state index in [0.29, 0.717) is 5.56 Å². The Labute approximate surface area is 215 Å². The Bertz CT molecular complexity index is 1320. The summed E-state index contributed by atoms with van der Waals surface area (Å²) in [6, 6.07) is 23.6. The van der Waals surface area contributed by atoms with Crippen LogP contribution in [0.25, 0.3) is 5.69 Å². The van der Waals surface area contributed by atoms with Crippen LogP contribution in [0.1, 0.15) is 49.6 Å². The molecule has 4 rings (SSSR count). The first kappa shape index (κ1) is 26.2. The van der Waals surface area contributed by atoms with Gasteiger partial charge in [0.25, 0.3) is 5.56 Å². The third-order valence-electron chi connectivity index (χ3n) is 5.73. The molecule has 0 saturated heterocycles. The molecular formula is C29H33BrN4O. The van der Waals surface area contributed by atoms with Crippen molar-refractivity contribution < 1.29 is 0 Å². The molecule has 0 atom stereocenters. The van der Waals surface area contributed by atoms with Gasteiger partial charge in [-0.15, -0.1) is 0 Å². The van der Waals surface area contributed by atoms with Crippen LogP contribution in [-0.4, -0.2) is 16.0 Å². The Morgan fingerprint density at radius 1 is 0.914 bits per heavy atom. The maximum atomic E-state index is 13.0. The number of rotatable bonds is 7. The lowest BCUT2D eigenvalue weighted by molar-refractivity contribution is 0.793. The first-order valence-electron chi connectivity index (χ1n) is 12.0. The summed E-state index contributed by atoms with van der Waals surface area (Å²) in [6.45, 7) is 6.31. The van der Waals surface area contributed by atoms with Crippen LogP contribution in [0, 0.1) is 0 Å². The van der Waals surface area contributed by atoms with E-state index in [1.807, 2.05) is 60.7 Å². The number of hydrogen-bond donors (Lipinski definition) is 2. The summed E-state index contributed by atoms with van der Waals surface area (Å²) in [6.07, 6.45) is 5.38. The smallest absolute Gasteiger partial charge is 0.280 e. The number of aryl methyl sites for hydroxylation is 3. The highest BCUT2D eigenvalue weighted by Crippen LogP contribution is 2.19. The summed E-state index contributed by atoms with van der Waals surface area (Å²) >= 11 is 3.43. The molecule has 3 aromatic carbocycles. The van der Waals surface area contributed by atoms with Gasteiger partial charge < -0.3 is 5.73 Å². The molecule has 0 spiro atoms. The van der Waals surface area contributed by atoms with Gasteiger partial charge in [-0.2, -0.15) is 0 Å². The van der Waals surface area contributed by atoms with E-state index in [1.54, 1.807) is 10.9 Å². The molecular weight excluding hydrogens is 500 g/mol. The molecule has 0 aliphatic heterocycles. The summed E-state index contributed by atoms with van der Waals surface area (Å²) in [5.41, 5.74) is 12.1. The zero-order chi connectivity index (χ0) is 25.2. The van der Waals surface area contributed by atoms with Gasteiger partial charge in [0.05, 0.1) is 16.9 Å². The Morgan fingerprint density at radius 2 is 1.54 bits per heavy atom. The number of aromatic amines is 1. The molecule has 6 heteroatoms. The van der Waals surface area contributed by atoms with Crippen molar-refractivity contribution >= 4 is 33.5 Å². The number of benzene rings is 3. The average Bonchev–Trinajstić information content (AvgIpc) is 3.19. The number of nitrogen functional groups attached to an aromatic ring is 1. The van der Waals surface area contributed by atoms with E-state index in [2.05, 4.69) is 58.9 Å². The van der Waals surface area contributed by atoms with Crippen LogP contribution in [0.5, 0.6) is 0 Å². The number of para-hydroxylation sites is 2. The second-order valence-corrected chi connectivity index (χ2v) is 9.08. The van der Waals surface area contributed by atoms with Crippen LogP contribution in [0.15, 0.2) is 87.1 Å². The minimum Gasteiger partial charge on any atom is -0.399 e.